The van der Waals surface area contributed by atoms with Crippen LogP contribution in [0.25, 0.3) is 11.3 Å². The van der Waals surface area contributed by atoms with Gasteiger partial charge >= 0.3 is 23.9 Å². The molecule has 1 fully saturated rings. The molecule has 0 radical (unpaired) electrons. The highest BCUT2D eigenvalue weighted by molar-refractivity contribution is 5.90. The summed E-state index contributed by atoms with van der Waals surface area (Å²) in [7, 11) is 0. The summed E-state index contributed by atoms with van der Waals surface area (Å²) in [6.07, 6.45) is -10.6. The third-order valence-corrected chi connectivity index (χ3v) is 6.25. The molecule has 2 amide bonds. The Hall–Kier alpha value is -4.11. The average Bonchev–Trinajstić information content (AvgIpc) is 2.80. The van der Waals surface area contributed by atoms with Crippen LogP contribution >= 0.6 is 0 Å². The first-order valence-electron chi connectivity index (χ1n) is 11.7. The SMILES string of the molecule is Cc1ccc(C(OC(=O)C(F)(F)F)(C(N)=O)C(F)(F)F)cc1-c1cnc(N)c(N2CCN(C(C)(C)C)C(=O)C2)n1. The van der Waals surface area contributed by atoms with E-state index in [1.165, 1.54) is 11.8 Å². The van der Waals surface area contributed by atoms with E-state index in [1.54, 1.807) is 4.90 Å². The monoisotopic (exact) mass is 576 g/mol. The summed E-state index contributed by atoms with van der Waals surface area (Å²) in [5.41, 5.74) is 4.86. The molecule has 1 aliphatic rings. The minimum atomic E-state index is -5.88. The minimum absolute atomic E-state index is 0.0460. The number of hydrogen-bond acceptors (Lipinski definition) is 8. The molecule has 2 heterocycles. The minimum Gasteiger partial charge on any atom is -0.427 e. The predicted molar refractivity (Wildman–Crippen MR) is 129 cm³/mol. The second kappa shape index (κ2) is 10.1. The molecule has 2 aromatic rings. The molecule has 16 heteroatoms. The Balaban J connectivity index is 2.12. The standard InChI is InChI=1S/C24H26F6N6O4/c1-12-5-6-13(22(19(32)38,24(28,29)30)40-20(39)23(25,26)27)9-14(12)15-10-33-17(31)18(34-15)35-7-8-36(16(37)11-35)21(2,3)4/h5-6,9-10H,7-8,11H2,1-4H3,(H2,31,33)(H2,32,38). The van der Waals surface area contributed by atoms with Crippen molar-refractivity contribution in [3.05, 3.63) is 35.5 Å². The van der Waals surface area contributed by atoms with Gasteiger partial charge in [-0.1, -0.05) is 12.1 Å². The maximum Gasteiger partial charge on any atom is 0.490 e. The van der Waals surface area contributed by atoms with Gasteiger partial charge in [0.05, 0.1) is 18.4 Å². The van der Waals surface area contributed by atoms with Crippen molar-refractivity contribution in [3.8, 4) is 11.3 Å². The number of aromatic nitrogens is 2. The number of carbonyl (C=O) groups is 3. The fourth-order valence-electron chi connectivity index (χ4n) is 4.24. The quantitative estimate of drug-likeness (QED) is 0.409. The number of hydrogen-bond donors (Lipinski definition) is 2. The van der Waals surface area contributed by atoms with Gasteiger partial charge in [0.2, 0.25) is 5.91 Å². The molecule has 1 unspecified atom stereocenters. The molecule has 1 atom stereocenters. The zero-order chi connectivity index (χ0) is 30.4. The summed E-state index contributed by atoms with van der Waals surface area (Å²) in [4.78, 5) is 47.9. The van der Waals surface area contributed by atoms with Gasteiger partial charge in [-0.15, -0.1) is 0 Å². The van der Waals surface area contributed by atoms with Crippen LogP contribution in [-0.4, -0.2) is 70.2 Å². The topological polar surface area (TPSA) is 145 Å². The summed E-state index contributed by atoms with van der Waals surface area (Å²) >= 11 is 0. The van der Waals surface area contributed by atoms with E-state index in [4.69, 9.17) is 11.5 Å². The first-order valence-corrected chi connectivity index (χ1v) is 11.7. The number of ether oxygens (including phenoxy) is 1. The summed E-state index contributed by atoms with van der Waals surface area (Å²) in [5.74, 6) is -5.93. The zero-order valence-corrected chi connectivity index (χ0v) is 21.8. The molecular weight excluding hydrogens is 550 g/mol. The lowest BCUT2D eigenvalue weighted by Gasteiger charge is -2.42. The van der Waals surface area contributed by atoms with Gasteiger partial charge < -0.3 is 26.0 Å². The van der Waals surface area contributed by atoms with E-state index >= 15 is 0 Å². The Morgan fingerprint density at radius 3 is 2.17 bits per heavy atom. The van der Waals surface area contributed by atoms with Crippen molar-refractivity contribution in [1.29, 1.82) is 0 Å². The van der Waals surface area contributed by atoms with Gasteiger partial charge in [0, 0.05) is 29.8 Å². The third-order valence-electron chi connectivity index (χ3n) is 6.25. The number of rotatable bonds is 5. The summed E-state index contributed by atoms with van der Waals surface area (Å²) < 4.78 is 84.9. The second-order valence-corrected chi connectivity index (χ2v) is 10.1. The molecule has 4 N–H and O–H groups in total. The summed E-state index contributed by atoms with van der Waals surface area (Å²) in [5, 5.41) is 0. The fourth-order valence-corrected chi connectivity index (χ4v) is 4.24. The lowest BCUT2D eigenvalue weighted by atomic mass is 9.88. The number of carbonyl (C=O) groups excluding carboxylic acids is 3. The van der Waals surface area contributed by atoms with Crippen LogP contribution in [0.5, 0.6) is 0 Å². The van der Waals surface area contributed by atoms with Crippen LogP contribution in [0.1, 0.15) is 31.9 Å². The molecular formula is C24H26F6N6O4. The number of alkyl halides is 6. The maximum absolute atomic E-state index is 14.2. The van der Waals surface area contributed by atoms with E-state index in [0.717, 1.165) is 12.3 Å². The lowest BCUT2D eigenvalue weighted by Crippen LogP contribution is -2.57. The number of aryl methyl sites for hydroxylation is 1. The number of primary amides is 1. The zero-order valence-electron chi connectivity index (χ0n) is 21.8. The van der Waals surface area contributed by atoms with Crippen LogP contribution in [-0.2, 0) is 24.7 Å². The molecule has 1 aromatic carbocycles. The number of anilines is 2. The van der Waals surface area contributed by atoms with Crippen LogP contribution < -0.4 is 16.4 Å². The second-order valence-electron chi connectivity index (χ2n) is 10.1. The summed E-state index contributed by atoms with van der Waals surface area (Å²) in [6.45, 7) is 7.54. The highest BCUT2D eigenvalue weighted by Gasteiger charge is 2.66. The van der Waals surface area contributed by atoms with Crippen molar-refractivity contribution in [1.82, 2.24) is 14.9 Å². The molecule has 0 saturated carbocycles. The van der Waals surface area contributed by atoms with Crippen molar-refractivity contribution in [2.45, 2.75) is 51.2 Å². The average molecular weight is 576 g/mol. The number of nitrogen functional groups attached to an aromatic ring is 1. The van der Waals surface area contributed by atoms with Gasteiger partial charge in [-0.2, -0.15) is 26.3 Å². The molecule has 1 aromatic heterocycles. The van der Waals surface area contributed by atoms with E-state index in [9.17, 15) is 40.7 Å². The maximum atomic E-state index is 14.2. The number of benzene rings is 1. The van der Waals surface area contributed by atoms with Crippen molar-refractivity contribution >= 4 is 29.4 Å². The Labute approximate surface area is 224 Å². The lowest BCUT2D eigenvalue weighted by molar-refractivity contribution is -0.280. The number of halogens is 6. The largest absolute Gasteiger partial charge is 0.490 e. The molecule has 1 aliphatic heterocycles. The molecule has 0 bridgehead atoms. The first-order chi connectivity index (χ1) is 18.2. The van der Waals surface area contributed by atoms with E-state index in [1.807, 2.05) is 20.8 Å². The highest BCUT2D eigenvalue weighted by Crippen LogP contribution is 2.45. The number of nitrogens with zero attached hydrogens (tertiary/aromatic N) is 4. The van der Waals surface area contributed by atoms with Gasteiger partial charge in [0.1, 0.15) is 0 Å². The van der Waals surface area contributed by atoms with Crippen LogP contribution in [0.3, 0.4) is 0 Å². The fraction of sp³-hybridized carbons (Fsp3) is 0.458. The van der Waals surface area contributed by atoms with Crippen LogP contribution in [0.15, 0.2) is 24.4 Å². The van der Waals surface area contributed by atoms with Gasteiger partial charge in [0.15, 0.2) is 11.6 Å². The predicted octanol–water partition coefficient (Wildman–Crippen LogP) is 2.83. The first kappa shape index (κ1) is 30.4. The Morgan fingerprint density at radius 1 is 1.05 bits per heavy atom. The van der Waals surface area contributed by atoms with E-state index < -0.39 is 40.9 Å². The van der Waals surface area contributed by atoms with Crippen LogP contribution in [0, 0.1) is 6.92 Å². The normalized spacial score (nSPS) is 16.5. The Bertz CT molecular complexity index is 1340. The van der Waals surface area contributed by atoms with Crippen molar-refractivity contribution in [3.63, 3.8) is 0 Å². The molecule has 10 nitrogen and oxygen atoms in total. The highest BCUT2D eigenvalue weighted by atomic mass is 19.4. The van der Waals surface area contributed by atoms with Gasteiger partial charge in [-0.05, 0) is 39.3 Å². The number of nitrogens with two attached hydrogens (primary N) is 2. The molecule has 1 saturated heterocycles. The number of amides is 2. The Morgan fingerprint density at radius 2 is 1.68 bits per heavy atom. The Kier molecular flexibility index (Phi) is 7.71. The third kappa shape index (κ3) is 5.60. The molecule has 218 valence electrons. The molecule has 3 rings (SSSR count). The van der Waals surface area contributed by atoms with Gasteiger partial charge in [-0.25, -0.2) is 14.8 Å². The van der Waals surface area contributed by atoms with E-state index in [-0.39, 0.29) is 40.9 Å². The van der Waals surface area contributed by atoms with Crippen LogP contribution in [0.4, 0.5) is 38.0 Å². The van der Waals surface area contributed by atoms with Crippen molar-refractivity contribution < 1.29 is 45.5 Å². The summed E-state index contributed by atoms with van der Waals surface area (Å²) in [6, 6.07) is 2.40. The molecule has 0 spiro atoms. The smallest absolute Gasteiger partial charge is 0.427 e. The van der Waals surface area contributed by atoms with Crippen molar-refractivity contribution in [2.24, 2.45) is 5.73 Å². The van der Waals surface area contributed by atoms with E-state index in [0.29, 0.717) is 25.2 Å². The number of esters is 1. The number of piperazine rings is 1. The molecule has 0 aliphatic carbocycles. The van der Waals surface area contributed by atoms with Gasteiger partial charge in [0.25, 0.3) is 5.91 Å². The molecule has 40 heavy (non-hydrogen) atoms. The van der Waals surface area contributed by atoms with Crippen LogP contribution in [0.2, 0.25) is 0 Å². The van der Waals surface area contributed by atoms with Gasteiger partial charge in [-0.3, -0.25) is 9.59 Å². The van der Waals surface area contributed by atoms with E-state index in [2.05, 4.69) is 14.7 Å². The van der Waals surface area contributed by atoms with Crippen molar-refractivity contribution in [2.75, 3.05) is 30.3 Å².